The van der Waals surface area contributed by atoms with Crippen LogP contribution < -0.4 is 0 Å². The molecule has 0 aliphatic heterocycles. The van der Waals surface area contributed by atoms with Gasteiger partial charge in [-0.15, -0.1) is 34.9 Å². The van der Waals surface area contributed by atoms with Gasteiger partial charge in [0, 0.05) is 31.6 Å². The number of carbonyl (C=O) groups excluding carboxylic acids is 1. The second-order valence-electron chi connectivity index (χ2n) is 7.59. The van der Waals surface area contributed by atoms with Gasteiger partial charge >= 0.3 is 0 Å². The van der Waals surface area contributed by atoms with Gasteiger partial charge < -0.3 is 5.11 Å². The van der Waals surface area contributed by atoms with Crippen LogP contribution in [-0.2, 0) is 24.9 Å². The van der Waals surface area contributed by atoms with E-state index in [0.29, 0.717) is 0 Å². The molecule has 1 aromatic heterocycles. The van der Waals surface area contributed by atoms with Crippen molar-refractivity contribution in [2.45, 2.75) is 27.7 Å². The number of benzene rings is 3. The predicted molar refractivity (Wildman–Crippen MR) is 128 cm³/mol. The van der Waals surface area contributed by atoms with Crippen LogP contribution >= 0.6 is 0 Å². The number of pyridine rings is 1. The summed E-state index contributed by atoms with van der Waals surface area (Å²) in [7, 11) is 0. The van der Waals surface area contributed by atoms with Gasteiger partial charge in [0.15, 0.2) is 5.78 Å². The Morgan fingerprint density at radius 2 is 1.66 bits per heavy atom. The summed E-state index contributed by atoms with van der Waals surface area (Å²) in [5.74, 6) is -0.0625. The van der Waals surface area contributed by atoms with E-state index < -0.39 is 0 Å². The van der Waals surface area contributed by atoms with E-state index in [1.165, 1.54) is 42.0 Å². The maximum Gasteiger partial charge on any atom is 0.155 e. The summed E-state index contributed by atoms with van der Waals surface area (Å²) < 4.78 is 0. The number of rotatable bonds is 3. The molecule has 0 atom stereocenters. The van der Waals surface area contributed by atoms with E-state index in [4.69, 9.17) is 10.1 Å². The molecule has 32 heavy (non-hydrogen) atoms. The number of aryl methyl sites for hydroxylation is 2. The minimum Gasteiger partial charge on any atom is -0.512 e. The number of fused-ring (bicyclic) bond motifs is 1. The summed E-state index contributed by atoms with van der Waals surface area (Å²) in [6.07, 6.45) is 1.17. The van der Waals surface area contributed by atoms with Gasteiger partial charge in [0.25, 0.3) is 0 Å². The van der Waals surface area contributed by atoms with Crippen LogP contribution in [0.1, 0.15) is 25.0 Å². The Morgan fingerprint density at radius 1 is 0.938 bits per heavy atom. The molecule has 1 N–H and O–H groups in total. The third-order valence-electron chi connectivity index (χ3n) is 4.65. The molecular formula is C28H26IrNO2-. The Balaban J connectivity index is 0.000000398. The van der Waals surface area contributed by atoms with Crippen LogP contribution in [0.4, 0.5) is 0 Å². The fraction of sp³-hybridized carbons (Fsp3) is 0.143. The Bertz CT molecular complexity index is 1220. The van der Waals surface area contributed by atoms with E-state index in [1.54, 1.807) is 0 Å². The minimum atomic E-state index is -0.125. The van der Waals surface area contributed by atoms with Gasteiger partial charge in [-0.2, -0.15) is 0 Å². The number of allylic oxidation sites excluding steroid dienone is 2. The first kappa shape index (κ1) is 25.2. The molecule has 0 aliphatic carbocycles. The van der Waals surface area contributed by atoms with Crippen LogP contribution in [0, 0.1) is 19.9 Å². The number of hydrogen-bond donors (Lipinski definition) is 1. The van der Waals surface area contributed by atoms with Crippen molar-refractivity contribution in [3.63, 3.8) is 0 Å². The molecule has 4 heteroatoms. The van der Waals surface area contributed by atoms with Crippen LogP contribution in [0.5, 0.6) is 0 Å². The first-order valence-corrected chi connectivity index (χ1v) is 10.2. The summed E-state index contributed by atoms with van der Waals surface area (Å²) in [5, 5.41) is 9.54. The second-order valence-corrected chi connectivity index (χ2v) is 7.59. The van der Waals surface area contributed by atoms with Gasteiger partial charge in [-0.3, -0.25) is 9.78 Å². The molecule has 0 saturated heterocycles. The molecule has 3 aromatic carbocycles. The van der Waals surface area contributed by atoms with E-state index in [-0.39, 0.29) is 31.6 Å². The van der Waals surface area contributed by atoms with Gasteiger partial charge in [0.05, 0.1) is 11.3 Å². The fourth-order valence-electron chi connectivity index (χ4n) is 3.50. The van der Waals surface area contributed by atoms with Crippen LogP contribution in [0.3, 0.4) is 0 Å². The van der Waals surface area contributed by atoms with Crippen molar-refractivity contribution in [3.8, 4) is 22.4 Å². The van der Waals surface area contributed by atoms with Crippen LogP contribution in [0.2, 0.25) is 0 Å². The first-order chi connectivity index (χ1) is 14.8. The molecule has 4 aromatic rings. The number of nitrogens with zero attached hydrogens (tertiary/aromatic N) is 1. The predicted octanol–water partition coefficient (Wildman–Crippen LogP) is 7.02. The molecule has 165 valence electrons. The number of ketones is 1. The van der Waals surface area contributed by atoms with Crippen molar-refractivity contribution < 1.29 is 30.0 Å². The molecule has 3 nitrogen and oxygen atoms in total. The smallest absolute Gasteiger partial charge is 0.155 e. The standard InChI is InChI=1S/C23H18N.C5H8O2.Ir/c1-16-13-17(2)15-19(14-16)22-12-11-21-20(9-6-10-23(21)24-22)18-7-4-3-5-8-18;1-4(6)3-5(2)7;/h3-14H,1-2H3;3,6H,1-2H3;/q-1;;/b;4-3-;. The third-order valence-corrected chi connectivity index (χ3v) is 4.65. The quantitative estimate of drug-likeness (QED) is 0.156. The number of carbonyl (C=O) groups is 1. The van der Waals surface area contributed by atoms with Crippen molar-refractivity contribution in [3.05, 3.63) is 102 Å². The Labute approximate surface area is 203 Å². The van der Waals surface area contributed by atoms with Crippen LogP contribution in [-0.4, -0.2) is 15.9 Å². The van der Waals surface area contributed by atoms with Crippen molar-refractivity contribution >= 4 is 16.7 Å². The largest absolute Gasteiger partial charge is 0.512 e. The second kappa shape index (κ2) is 11.5. The SMILES string of the molecule is CC(=O)/C=C(/C)O.Cc1[c-]c(-c2ccc3c(-c4ccccc4)cccc3n2)cc(C)c1.[Ir]. The fourth-order valence-corrected chi connectivity index (χ4v) is 3.50. The van der Waals surface area contributed by atoms with Crippen molar-refractivity contribution in [1.82, 2.24) is 4.98 Å². The monoisotopic (exact) mass is 601 g/mol. The zero-order valence-corrected chi connectivity index (χ0v) is 21.0. The molecule has 0 saturated carbocycles. The Hall–Kier alpha value is -3.07. The first-order valence-electron chi connectivity index (χ1n) is 10.2. The maximum atomic E-state index is 10.0. The molecule has 0 amide bonds. The Morgan fingerprint density at radius 3 is 2.25 bits per heavy atom. The van der Waals surface area contributed by atoms with Gasteiger partial charge in [-0.05, 0) is 36.7 Å². The zero-order valence-electron chi connectivity index (χ0n) is 18.6. The van der Waals surface area contributed by atoms with Gasteiger partial charge in [-0.1, -0.05) is 68.4 Å². The van der Waals surface area contributed by atoms with Crippen LogP contribution in [0.25, 0.3) is 33.3 Å². The van der Waals surface area contributed by atoms with E-state index in [1.807, 2.05) is 6.07 Å². The average molecular weight is 601 g/mol. The molecule has 4 rings (SSSR count). The molecule has 1 heterocycles. The third kappa shape index (κ3) is 6.71. The van der Waals surface area contributed by atoms with E-state index in [2.05, 4.69) is 86.6 Å². The number of hydrogen-bond acceptors (Lipinski definition) is 3. The summed E-state index contributed by atoms with van der Waals surface area (Å²) in [6, 6.07) is 28.7. The van der Waals surface area contributed by atoms with E-state index >= 15 is 0 Å². The maximum absolute atomic E-state index is 10.0. The van der Waals surface area contributed by atoms with E-state index in [9.17, 15) is 4.79 Å². The van der Waals surface area contributed by atoms with Crippen LogP contribution in [0.15, 0.2) is 84.6 Å². The van der Waals surface area contributed by atoms with Crippen molar-refractivity contribution in [1.29, 1.82) is 0 Å². The summed E-state index contributed by atoms with van der Waals surface area (Å²) in [6.45, 7) is 7.03. The van der Waals surface area contributed by atoms with E-state index in [0.717, 1.165) is 22.3 Å². The minimum absolute atomic E-state index is 0. The van der Waals surface area contributed by atoms with Gasteiger partial charge in [-0.25, -0.2) is 0 Å². The normalized spacial score (nSPS) is 10.7. The summed E-state index contributed by atoms with van der Waals surface area (Å²) in [4.78, 5) is 14.9. The summed E-state index contributed by atoms with van der Waals surface area (Å²) in [5.41, 5.74) is 7.86. The van der Waals surface area contributed by atoms with Crippen molar-refractivity contribution in [2.75, 3.05) is 0 Å². The molecule has 0 fully saturated rings. The molecule has 0 unspecified atom stereocenters. The molecule has 0 aliphatic rings. The van der Waals surface area contributed by atoms with Gasteiger partial charge in [0.1, 0.15) is 0 Å². The van der Waals surface area contributed by atoms with Gasteiger partial charge in [0.2, 0.25) is 0 Å². The molecule has 0 bridgehead atoms. The summed E-state index contributed by atoms with van der Waals surface area (Å²) >= 11 is 0. The van der Waals surface area contributed by atoms with Crippen molar-refractivity contribution in [2.24, 2.45) is 0 Å². The zero-order chi connectivity index (χ0) is 22.4. The topological polar surface area (TPSA) is 50.2 Å². The average Bonchev–Trinajstić information content (AvgIpc) is 2.72. The Kier molecular flexibility index (Phi) is 9.07. The number of aromatic nitrogens is 1. The molecule has 1 radical (unpaired) electrons. The molecule has 0 spiro atoms. The number of aliphatic hydroxyl groups is 1. The number of aliphatic hydroxyl groups excluding tert-OH is 1. The molecular weight excluding hydrogens is 575 g/mol.